The molecular formula is C22H20BrNO. The summed E-state index contributed by atoms with van der Waals surface area (Å²) >= 11 is 3.74. The van der Waals surface area contributed by atoms with Crippen molar-refractivity contribution < 1.29 is 4.74 Å². The van der Waals surface area contributed by atoms with Crippen LogP contribution in [0.5, 0.6) is 5.75 Å². The third kappa shape index (κ3) is 2.46. The van der Waals surface area contributed by atoms with Gasteiger partial charge in [-0.05, 0) is 52.5 Å². The molecule has 0 unspecified atom stereocenters. The van der Waals surface area contributed by atoms with Crippen molar-refractivity contribution in [1.29, 1.82) is 0 Å². The number of para-hydroxylation sites is 1. The van der Waals surface area contributed by atoms with E-state index in [2.05, 4.69) is 88.9 Å². The molecule has 2 nitrogen and oxygen atoms in total. The monoisotopic (exact) mass is 393 g/mol. The number of halogens is 1. The first-order chi connectivity index (χ1) is 12.1. The number of aromatic nitrogens is 1. The van der Waals surface area contributed by atoms with Crippen molar-refractivity contribution in [3.05, 3.63) is 75.8 Å². The van der Waals surface area contributed by atoms with E-state index >= 15 is 0 Å². The maximum atomic E-state index is 5.81. The Morgan fingerprint density at radius 1 is 0.920 bits per heavy atom. The van der Waals surface area contributed by atoms with E-state index in [1.807, 2.05) is 0 Å². The number of benzene rings is 3. The van der Waals surface area contributed by atoms with Crippen molar-refractivity contribution in [2.45, 2.75) is 20.4 Å². The van der Waals surface area contributed by atoms with Gasteiger partial charge >= 0.3 is 0 Å². The van der Waals surface area contributed by atoms with Gasteiger partial charge in [-0.1, -0.05) is 48.5 Å². The Balaban J connectivity index is 2.15. The molecule has 0 atom stereocenters. The number of fused-ring (bicyclic) bond motifs is 3. The standard InChI is InChI=1S/C22H20BrNO/c1-14-15(2)21-19(22(25-3)20(14)23)17-11-7-8-12-18(17)24(21)13-16-9-5-4-6-10-16/h4-12H,13H2,1-3H3. The van der Waals surface area contributed by atoms with Gasteiger partial charge in [0.25, 0.3) is 0 Å². The second-order valence-corrected chi connectivity index (χ2v) is 7.20. The van der Waals surface area contributed by atoms with E-state index in [4.69, 9.17) is 4.74 Å². The molecule has 0 aliphatic heterocycles. The van der Waals surface area contributed by atoms with Gasteiger partial charge in [0.05, 0.1) is 22.5 Å². The van der Waals surface area contributed by atoms with Gasteiger partial charge in [0, 0.05) is 17.4 Å². The summed E-state index contributed by atoms with van der Waals surface area (Å²) in [6, 6.07) is 19.2. The third-order valence-corrected chi connectivity index (χ3v) is 5.99. The normalized spacial score (nSPS) is 11.4. The average Bonchev–Trinajstić information content (AvgIpc) is 2.96. The maximum Gasteiger partial charge on any atom is 0.143 e. The van der Waals surface area contributed by atoms with Gasteiger partial charge in [-0.25, -0.2) is 0 Å². The smallest absolute Gasteiger partial charge is 0.143 e. The van der Waals surface area contributed by atoms with E-state index in [1.165, 1.54) is 38.5 Å². The molecule has 126 valence electrons. The van der Waals surface area contributed by atoms with Crippen LogP contribution >= 0.6 is 15.9 Å². The number of hydrogen-bond acceptors (Lipinski definition) is 1. The highest BCUT2D eigenvalue weighted by atomic mass is 79.9. The molecule has 0 aliphatic rings. The molecule has 0 saturated carbocycles. The second-order valence-electron chi connectivity index (χ2n) is 6.41. The van der Waals surface area contributed by atoms with Gasteiger partial charge in [-0.2, -0.15) is 0 Å². The molecule has 0 N–H and O–H groups in total. The quantitative estimate of drug-likeness (QED) is 0.402. The molecule has 0 saturated heterocycles. The Labute approximate surface area is 156 Å². The summed E-state index contributed by atoms with van der Waals surface area (Å²) < 4.78 is 9.26. The molecule has 0 bridgehead atoms. The lowest BCUT2D eigenvalue weighted by molar-refractivity contribution is 0.417. The van der Waals surface area contributed by atoms with Crippen LogP contribution in [-0.2, 0) is 6.54 Å². The Hall–Kier alpha value is -2.26. The molecular weight excluding hydrogens is 374 g/mol. The van der Waals surface area contributed by atoms with Crippen LogP contribution < -0.4 is 4.74 Å². The zero-order chi connectivity index (χ0) is 17.6. The molecule has 0 aliphatic carbocycles. The Morgan fingerprint density at radius 2 is 1.60 bits per heavy atom. The summed E-state index contributed by atoms with van der Waals surface area (Å²) in [6.45, 7) is 5.18. The Kier molecular flexibility index (Phi) is 4.04. The van der Waals surface area contributed by atoms with Gasteiger partial charge in [-0.3, -0.25) is 0 Å². The van der Waals surface area contributed by atoms with E-state index < -0.39 is 0 Å². The summed E-state index contributed by atoms with van der Waals surface area (Å²) in [4.78, 5) is 0. The predicted octanol–water partition coefficient (Wildman–Crippen LogP) is 6.23. The summed E-state index contributed by atoms with van der Waals surface area (Å²) in [5.41, 5.74) is 6.29. The van der Waals surface area contributed by atoms with Crippen LogP contribution in [0.2, 0.25) is 0 Å². The summed E-state index contributed by atoms with van der Waals surface area (Å²) in [5, 5.41) is 2.41. The fourth-order valence-corrected chi connectivity index (χ4v) is 4.32. The van der Waals surface area contributed by atoms with Crippen LogP contribution in [0, 0.1) is 13.8 Å². The molecule has 4 rings (SSSR count). The highest BCUT2D eigenvalue weighted by molar-refractivity contribution is 9.10. The minimum atomic E-state index is 0.843. The number of nitrogens with zero attached hydrogens (tertiary/aromatic N) is 1. The largest absolute Gasteiger partial charge is 0.495 e. The number of ether oxygens (including phenoxy) is 1. The van der Waals surface area contributed by atoms with E-state index in [9.17, 15) is 0 Å². The Bertz CT molecular complexity index is 1080. The van der Waals surface area contributed by atoms with E-state index in [-0.39, 0.29) is 0 Å². The zero-order valence-corrected chi connectivity index (χ0v) is 16.2. The van der Waals surface area contributed by atoms with Gasteiger partial charge in [0.15, 0.2) is 0 Å². The SMILES string of the molecule is COc1c(Br)c(C)c(C)c2c1c1ccccc1n2Cc1ccccc1. The first-order valence-corrected chi connectivity index (χ1v) is 9.20. The van der Waals surface area contributed by atoms with Crippen molar-refractivity contribution >= 4 is 37.7 Å². The minimum Gasteiger partial charge on any atom is -0.495 e. The fraction of sp³-hybridized carbons (Fsp3) is 0.182. The number of aryl methyl sites for hydroxylation is 1. The van der Waals surface area contributed by atoms with Crippen LogP contribution in [0.25, 0.3) is 21.8 Å². The highest BCUT2D eigenvalue weighted by Crippen LogP contribution is 2.44. The van der Waals surface area contributed by atoms with Crippen molar-refractivity contribution in [3.63, 3.8) is 0 Å². The van der Waals surface area contributed by atoms with E-state index in [1.54, 1.807) is 7.11 Å². The summed E-state index contributed by atoms with van der Waals surface area (Å²) in [6.07, 6.45) is 0. The number of rotatable bonds is 3. The van der Waals surface area contributed by atoms with Crippen molar-refractivity contribution in [2.24, 2.45) is 0 Å². The molecule has 0 radical (unpaired) electrons. The maximum absolute atomic E-state index is 5.81. The Morgan fingerprint density at radius 3 is 2.32 bits per heavy atom. The highest BCUT2D eigenvalue weighted by Gasteiger charge is 2.21. The van der Waals surface area contributed by atoms with Crippen LogP contribution in [-0.4, -0.2) is 11.7 Å². The summed E-state index contributed by atoms with van der Waals surface area (Å²) in [7, 11) is 1.75. The molecule has 4 aromatic rings. The van der Waals surface area contributed by atoms with Crippen LogP contribution in [0.3, 0.4) is 0 Å². The van der Waals surface area contributed by atoms with E-state index in [0.717, 1.165) is 16.8 Å². The molecule has 1 aromatic heterocycles. The van der Waals surface area contributed by atoms with Gasteiger partial charge in [-0.15, -0.1) is 0 Å². The van der Waals surface area contributed by atoms with Gasteiger partial charge in [0.1, 0.15) is 5.75 Å². The molecule has 3 heteroatoms. The molecule has 0 fully saturated rings. The molecule has 25 heavy (non-hydrogen) atoms. The molecule has 0 spiro atoms. The lowest BCUT2D eigenvalue weighted by Gasteiger charge is -2.15. The lowest BCUT2D eigenvalue weighted by Crippen LogP contribution is -2.02. The van der Waals surface area contributed by atoms with Crippen molar-refractivity contribution in [1.82, 2.24) is 4.57 Å². The third-order valence-electron chi connectivity index (χ3n) is 5.03. The van der Waals surface area contributed by atoms with Crippen LogP contribution in [0.4, 0.5) is 0 Å². The number of hydrogen-bond donors (Lipinski definition) is 0. The van der Waals surface area contributed by atoms with Crippen LogP contribution in [0.15, 0.2) is 59.1 Å². The topological polar surface area (TPSA) is 14.2 Å². The second kappa shape index (κ2) is 6.23. The summed E-state index contributed by atoms with van der Waals surface area (Å²) in [5.74, 6) is 0.918. The lowest BCUT2D eigenvalue weighted by atomic mass is 10.0. The minimum absolute atomic E-state index is 0.843. The van der Waals surface area contributed by atoms with E-state index in [0.29, 0.717) is 0 Å². The predicted molar refractivity (Wildman–Crippen MR) is 109 cm³/mol. The average molecular weight is 394 g/mol. The molecule has 3 aromatic carbocycles. The van der Waals surface area contributed by atoms with Crippen LogP contribution in [0.1, 0.15) is 16.7 Å². The molecule has 1 heterocycles. The number of methoxy groups -OCH3 is 1. The fourth-order valence-electron chi connectivity index (χ4n) is 3.67. The first-order valence-electron chi connectivity index (χ1n) is 8.41. The zero-order valence-electron chi connectivity index (χ0n) is 14.6. The van der Waals surface area contributed by atoms with Crippen molar-refractivity contribution in [3.8, 4) is 5.75 Å². The first kappa shape index (κ1) is 16.2. The van der Waals surface area contributed by atoms with Crippen molar-refractivity contribution in [2.75, 3.05) is 7.11 Å². The van der Waals surface area contributed by atoms with Gasteiger partial charge < -0.3 is 9.30 Å². The molecule has 0 amide bonds. The van der Waals surface area contributed by atoms with Gasteiger partial charge in [0.2, 0.25) is 0 Å².